The summed E-state index contributed by atoms with van der Waals surface area (Å²) in [6, 6.07) is 12.4. The minimum Gasteiger partial charge on any atom is -0.345 e. The maximum Gasteiger partial charge on any atom is 0.226 e. The largest absolute Gasteiger partial charge is 0.345 e. The number of carbonyl (C=O) groups is 1. The first kappa shape index (κ1) is 18.1. The topological polar surface area (TPSA) is 25.2 Å². The molecule has 4 heteroatoms. The first-order valence-corrected chi connectivity index (χ1v) is 9.52. The number of amides is 1. The second kappa shape index (κ2) is 7.65. The molecule has 0 bridgehead atoms. The SMILES string of the molecule is CC(C)[C@@H](C)N(Cc1cccn1Cc1cccc(Cl)c1)C(=O)C1CC1. The molecule has 1 aromatic heterocycles. The lowest BCUT2D eigenvalue weighted by Crippen LogP contribution is -2.42. The average molecular weight is 359 g/mol. The Bertz CT molecular complexity index is 733. The number of rotatable bonds is 7. The Morgan fingerprint density at radius 2 is 2.00 bits per heavy atom. The molecule has 1 amide bonds. The lowest BCUT2D eigenvalue weighted by atomic mass is 10.0. The molecule has 0 unspecified atom stereocenters. The third kappa shape index (κ3) is 4.46. The molecular weight excluding hydrogens is 332 g/mol. The highest BCUT2D eigenvalue weighted by Crippen LogP contribution is 2.33. The molecule has 0 radical (unpaired) electrons. The summed E-state index contributed by atoms with van der Waals surface area (Å²) in [6.45, 7) is 7.97. The Balaban J connectivity index is 1.78. The second-order valence-corrected chi connectivity index (χ2v) is 7.92. The molecule has 2 aromatic rings. The Labute approximate surface area is 155 Å². The van der Waals surface area contributed by atoms with E-state index >= 15 is 0 Å². The van der Waals surface area contributed by atoms with Crippen LogP contribution >= 0.6 is 11.6 Å². The van der Waals surface area contributed by atoms with Gasteiger partial charge in [0.1, 0.15) is 0 Å². The van der Waals surface area contributed by atoms with Crippen LogP contribution in [0.15, 0.2) is 42.6 Å². The van der Waals surface area contributed by atoms with Crippen molar-refractivity contribution < 1.29 is 4.79 Å². The van der Waals surface area contributed by atoms with Crippen LogP contribution in [0.2, 0.25) is 5.02 Å². The van der Waals surface area contributed by atoms with Crippen molar-refractivity contribution in [1.29, 1.82) is 0 Å². The number of hydrogen-bond donors (Lipinski definition) is 0. The van der Waals surface area contributed by atoms with E-state index in [1.165, 1.54) is 11.3 Å². The Morgan fingerprint density at radius 1 is 1.24 bits per heavy atom. The molecule has 0 aliphatic heterocycles. The lowest BCUT2D eigenvalue weighted by molar-refractivity contribution is -0.136. The van der Waals surface area contributed by atoms with Gasteiger partial charge in [-0.15, -0.1) is 0 Å². The fourth-order valence-corrected chi connectivity index (χ4v) is 3.31. The third-order valence-electron chi connectivity index (χ3n) is 5.16. The molecule has 0 N–H and O–H groups in total. The number of nitrogens with zero attached hydrogens (tertiary/aromatic N) is 2. The highest BCUT2D eigenvalue weighted by atomic mass is 35.5. The van der Waals surface area contributed by atoms with Crippen LogP contribution in [0.3, 0.4) is 0 Å². The molecule has 1 fully saturated rings. The Hall–Kier alpha value is -1.74. The number of aromatic nitrogens is 1. The van der Waals surface area contributed by atoms with Crippen molar-refractivity contribution in [3.05, 3.63) is 58.9 Å². The van der Waals surface area contributed by atoms with Crippen LogP contribution in [-0.2, 0) is 17.9 Å². The molecule has 0 saturated heterocycles. The van der Waals surface area contributed by atoms with Gasteiger partial charge in [-0.2, -0.15) is 0 Å². The van der Waals surface area contributed by atoms with Crippen molar-refractivity contribution in [1.82, 2.24) is 9.47 Å². The van der Waals surface area contributed by atoms with Gasteiger partial charge < -0.3 is 9.47 Å². The van der Waals surface area contributed by atoms with Crippen LogP contribution in [0.4, 0.5) is 0 Å². The first-order valence-electron chi connectivity index (χ1n) is 9.14. The minimum atomic E-state index is 0.239. The summed E-state index contributed by atoms with van der Waals surface area (Å²) in [6.07, 6.45) is 4.17. The van der Waals surface area contributed by atoms with Crippen LogP contribution in [0.5, 0.6) is 0 Å². The van der Waals surface area contributed by atoms with Gasteiger partial charge in [0.2, 0.25) is 5.91 Å². The zero-order valence-corrected chi connectivity index (χ0v) is 16.0. The average Bonchev–Trinajstić information content (AvgIpc) is 3.33. The Kier molecular flexibility index (Phi) is 5.53. The summed E-state index contributed by atoms with van der Waals surface area (Å²) in [7, 11) is 0. The summed E-state index contributed by atoms with van der Waals surface area (Å²) < 4.78 is 2.21. The molecule has 1 aromatic carbocycles. The second-order valence-electron chi connectivity index (χ2n) is 7.48. The van der Waals surface area contributed by atoms with Crippen LogP contribution in [0, 0.1) is 11.8 Å². The monoisotopic (exact) mass is 358 g/mol. The molecule has 0 spiro atoms. The highest BCUT2D eigenvalue weighted by molar-refractivity contribution is 6.30. The van der Waals surface area contributed by atoms with Crippen molar-refractivity contribution in [3.8, 4) is 0 Å². The molecule has 3 nitrogen and oxygen atoms in total. The van der Waals surface area contributed by atoms with Crippen LogP contribution in [-0.4, -0.2) is 21.4 Å². The van der Waals surface area contributed by atoms with Gasteiger partial charge in [-0.25, -0.2) is 0 Å². The van der Waals surface area contributed by atoms with Gasteiger partial charge in [-0.3, -0.25) is 4.79 Å². The lowest BCUT2D eigenvalue weighted by Gasteiger charge is -2.32. The quantitative estimate of drug-likeness (QED) is 0.685. The molecule has 3 rings (SSSR count). The maximum absolute atomic E-state index is 12.8. The first-order chi connectivity index (χ1) is 12.0. The number of benzene rings is 1. The number of carbonyl (C=O) groups excluding carboxylic acids is 1. The fourth-order valence-electron chi connectivity index (χ4n) is 3.10. The summed E-state index contributed by atoms with van der Waals surface area (Å²) in [4.78, 5) is 14.9. The molecule has 25 heavy (non-hydrogen) atoms. The van der Waals surface area contributed by atoms with E-state index in [9.17, 15) is 4.79 Å². The molecule has 134 valence electrons. The molecule has 1 aliphatic rings. The summed E-state index contributed by atoms with van der Waals surface area (Å²) in [5, 5.41) is 0.755. The van der Waals surface area contributed by atoms with Crippen molar-refractivity contribution >= 4 is 17.5 Å². The smallest absolute Gasteiger partial charge is 0.226 e. The summed E-state index contributed by atoms with van der Waals surface area (Å²) in [5.74, 6) is 1.01. The van der Waals surface area contributed by atoms with Crippen molar-refractivity contribution in [2.45, 2.75) is 52.7 Å². The molecular formula is C21H27ClN2O. The molecule has 1 saturated carbocycles. The van der Waals surface area contributed by atoms with E-state index in [0.29, 0.717) is 18.4 Å². The van der Waals surface area contributed by atoms with E-state index < -0.39 is 0 Å². The van der Waals surface area contributed by atoms with E-state index in [1.807, 2.05) is 18.2 Å². The summed E-state index contributed by atoms with van der Waals surface area (Å²) >= 11 is 6.11. The van der Waals surface area contributed by atoms with E-state index in [2.05, 4.69) is 54.6 Å². The van der Waals surface area contributed by atoms with Gasteiger partial charge in [0.25, 0.3) is 0 Å². The zero-order valence-electron chi connectivity index (χ0n) is 15.3. The van der Waals surface area contributed by atoms with Gasteiger partial charge in [0.15, 0.2) is 0 Å². The Morgan fingerprint density at radius 3 is 2.64 bits per heavy atom. The number of halogens is 1. The van der Waals surface area contributed by atoms with Crippen LogP contribution < -0.4 is 0 Å². The highest BCUT2D eigenvalue weighted by Gasteiger charge is 2.36. The predicted molar refractivity (Wildman–Crippen MR) is 103 cm³/mol. The maximum atomic E-state index is 12.8. The third-order valence-corrected chi connectivity index (χ3v) is 5.40. The standard InChI is InChI=1S/C21H27ClN2O/c1-15(2)16(3)24(21(25)18-9-10-18)14-20-8-5-11-23(20)13-17-6-4-7-19(22)12-17/h4-8,11-12,15-16,18H,9-10,13-14H2,1-3H3/t16-/m1/s1. The zero-order chi connectivity index (χ0) is 18.0. The van der Waals surface area contributed by atoms with Gasteiger partial charge >= 0.3 is 0 Å². The van der Waals surface area contributed by atoms with Gasteiger partial charge in [-0.05, 0) is 55.5 Å². The number of hydrogen-bond acceptors (Lipinski definition) is 1. The van der Waals surface area contributed by atoms with E-state index in [0.717, 1.165) is 24.4 Å². The van der Waals surface area contributed by atoms with Crippen molar-refractivity contribution in [3.63, 3.8) is 0 Å². The van der Waals surface area contributed by atoms with E-state index in [4.69, 9.17) is 11.6 Å². The van der Waals surface area contributed by atoms with Gasteiger partial charge in [0.05, 0.1) is 6.54 Å². The molecule has 1 heterocycles. The van der Waals surface area contributed by atoms with Crippen molar-refractivity contribution in [2.75, 3.05) is 0 Å². The van der Waals surface area contributed by atoms with Gasteiger partial charge in [-0.1, -0.05) is 37.6 Å². The van der Waals surface area contributed by atoms with Crippen LogP contribution in [0.25, 0.3) is 0 Å². The predicted octanol–water partition coefficient (Wildman–Crippen LogP) is 4.97. The van der Waals surface area contributed by atoms with Crippen LogP contribution in [0.1, 0.15) is 44.9 Å². The van der Waals surface area contributed by atoms with E-state index in [1.54, 1.807) is 0 Å². The molecule has 1 aliphatic carbocycles. The molecule has 1 atom stereocenters. The fraction of sp³-hybridized carbons (Fsp3) is 0.476. The normalized spacial score (nSPS) is 15.4. The van der Waals surface area contributed by atoms with Crippen molar-refractivity contribution in [2.24, 2.45) is 11.8 Å². The minimum absolute atomic E-state index is 0.239. The van der Waals surface area contributed by atoms with Gasteiger partial charge in [0, 0.05) is 35.4 Å². The van der Waals surface area contributed by atoms with E-state index in [-0.39, 0.29) is 12.0 Å². The summed E-state index contributed by atoms with van der Waals surface area (Å²) in [5.41, 5.74) is 2.34.